The molecule has 0 aliphatic heterocycles. The van der Waals surface area contributed by atoms with Crippen LogP contribution in [-0.2, 0) is 6.42 Å². The molecule has 1 aromatic carbocycles. The Morgan fingerprint density at radius 2 is 2.20 bits per heavy atom. The number of methoxy groups -OCH3 is 1. The van der Waals surface area contributed by atoms with Crippen molar-refractivity contribution in [2.75, 3.05) is 13.0 Å². The molecule has 0 saturated carbocycles. The van der Waals surface area contributed by atoms with E-state index >= 15 is 0 Å². The highest BCUT2D eigenvalue weighted by atomic mass is 35.5. The zero-order chi connectivity index (χ0) is 11.3. The number of benzene rings is 1. The van der Waals surface area contributed by atoms with Gasteiger partial charge in [0.25, 0.3) is 0 Å². The highest BCUT2D eigenvalue weighted by Crippen LogP contribution is 2.20. The van der Waals surface area contributed by atoms with E-state index in [-0.39, 0.29) is 11.6 Å². The lowest BCUT2D eigenvalue weighted by Crippen LogP contribution is -2.05. The molecule has 0 N–H and O–H groups in total. The molecule has 1 atom stereocenters. The fourth-order valence-corrected chi connectivity index (χ4v) is 1.81. The van der Waals surface area contributed by atoms with Crippen LogP contribution >= 0.6 is 11.6 Å². The first-order chi connectivity index (χ1) is 7.21. The summed E-state index contributed by atoms with van der Waals surface area (Å²) in [5.74, 6) is 1.01. The molecule has 0 heterocycles. The Morgan fingerprint density at radius 1 is 1.47 bits per heavy atom. The molecule has 1 aromatic rings. The number of rotatable bonds is 5. The Labute approximate surface area is 95.2 Å². The van der Waals surface area contributed by atoms with Gasteiger partial charge in [-0.1, -0.05) is 19.4 Å². The normalized spacial score (nSPS) is 12.5. The second kappa shape index (κ2) is 5.96. The molecule has 0 fully saturated rings. The fourth-order valence-electron chi connectivity index (χ4n) is 1.48. The number of halogens is 2. The molecule has 0 aromatic heterocycles. The number of ether oxygens (including phenoxy) is 1. The Morgan fingerprint density at radius 3 is 2.67 bits per heavy atom. The standard InChI is InChI=1S/C12H16ClFO/c1-3-9(8-13)6-10-4-5-12(15-2)11(14)7-10/h4-5,7,9H,3,6,8H2,1-2H3. The summed E-state index contributed by atoms with van der Waals surface area (Å²) in [7, 11) is 1.46. The van der Waals surface area contributed by atoms with Gasteiger partial charge in [-0.05, 0) is 30.0 Å². The molecule has 0 radical (unpaired) electrons. The Hall–Kier alpha value is -0.760. The largest absolute Gasteiger partial charge is 0.494 e. The van der Waals surface area contributed by atoms with Crippen LogP contribution in [0.1, 0.15) is 18.9 Å². The lowest BCUT2D eigenvalue weighted by Gasteiger charge is -2.11. The number of alkyl halides is 1. The van der Waals surface area contributed by atoms with E-state index in [0.29, 0.717) is 11.8 Å². The minimum absolute atomic E-state index is 0.290. The van der Waals surface area contributed by atoms with Crippen molar-refractivity contribution in [2.24, 2.45) is 5.92 Å². The van der Waals surface area contributed by atoms with E-state index in [2.05, 4.69) is 6.92 Å². The van der Waals surface area contributed by atoms with Gasteiger partial charge in [-0.3, -0.25) is 0 Å². The average molecular weight is 231 g/mol. The topological polar surface area (TPSA) is 9.23 Å². The zero-order valence-electron chi connectivity index (χ0n) is 9.09. The molecular weight excluding hydrogens is 215 g/mol. The third-order valence-corrected chi connectivity index (χ3v) is 2.97. The molecule has 84 valence electrons. The lowest BCUT2D eigenvalue weighted by atomic mass is 9.98. The van der Waals surface area contributed by atoms with E-state index in [1.54, 1.807) is 6.07 Å². The summed E-state index contributed by atoms with van der Waals surface area (Å²) in [5, 5.41) is 0. The molecule has 15 heavy (non-hydrogen) atoms. The molecule has 0 saturated heterocycles. The summed E-state index contributed by atoms with van der Waals surface area (Å²) in [6.07, 6.45) is 1.83. The molecule has 0 bridgehead atoms. The maximum atomic E-state index is 13.4. The summed E-state index contributed by atoms with van der Waals surface area (Å²) in [6, 6.07) is 5.07. The first kappa shape index (κ1) is 12.3. The first-order valence-electron chi connectivity index (χ1n) is 5.09. The molecule has 1 unspecified atom stereocenters. The molecule has 1 nitrogen and oxygen atoms in total. The monoisotopic (exact) mass is 230 g/mol. The van der Waals surface area contributed by atoms with Gasteiger partial charge in [0.2, 0.25) is 0 Å². The summed E-state index contributed by atoms with van der Waals surface area (Å²) in [6.45, 7) is 2.09. The predicted molar refractivity (Wildman–Crippen MR) is 61.2 cm³/mol. The van der Waals surface area contributed by atoms with E-state index in [9.17, 15) is 4.39 Å². The van der Waals surface area contributed by atoms with E-state index in [1.165, 1.54) is 13.2 Å². The van der Waals surface area contributed by atoms with Crippen LogP contribution in [0.15, 0.2) is 18.2 Å². The number of hydrogen-bond acceptors (Lipinski definition) is 1. The van der Waals surface area contributed by atoms with Gasteiger partial charge in [-0.25, -0.2) is 4.39 Å². The summed E-state index contributed by atoms with van der Waals surface area (Å²) in [4.78, 5) is 0. The third kappa shape index (κ3) is 3.38. The second-order valence-corrected chi connectivity index (χ2v) is 3.91. The number of hydrogen-bond donors (Lipinski definition) is 0. The van der Waals surface area contributed by atoms with Crippen molar-refractivity contribution in [2.45, 2.75) is 19.8 Å². The van der Waals surface area contributed by atoms with Crippen LogP contribution in [0.25, 0.3) is 0 Å². The molecular formula is C12H16ClFO. The van der Waals surface area contributed by atoms with Gasteiger partial charge in [0.1, 0.15) is 0 Å². The van der Waals surface area contributed by atoms with Crippen molar-refractivity contribution >= 4 is 11.6 Å². The average Bonchev–Trinajstić information content (AvgIpc) is 2.26. The SMILES string of the molecule is CCC(CCl)Cc1ccc(OC)c(F)c1. The summed E-state index contributed by atoms with van der Waals surface area (Å²) in [5.41, 5.74) is 0.973. The smallest absolute Gasteiger partial charge is 0.165 e. The predicted octanol–water partition coefficient (Wildman–Crippen LogP) is 3.64. The van der Waals surface area contributed by atoms with Crippen LogP contribution in [0, 0.1) is 11.7 Å². The summed E-state index contributed by atoms with van der Waals surface area (Å²) >= 11 is 5.80. The van der Waals surface area contributed by atoms with Crippen LogP contribution in [0.3, 0.4) is 0 Å². The van der Waals surface area contributed by atoms with Crippen LogP contribution in [0.5, 0.6) is 5.75 Å². The Kier molecular flexibility index (Phi) is 4.89. The quantitative estimate of drug-likeness (QED) is 0.702. The van der Waals surface area contributed by atoms with E-state index in [4.69, 9.17) is 16.3 Å². The minimum atomic E-state index is -0.306. The van der Waals surface area contributed by atoms with Gasteiger partial charge < -0.3 is 4.74 Å². The summed E-state index contributed by atoms with van der Waals surface area (Å²) < 4.78 is 18.2. The molecule has 0 amide bonds. The van der Waals surface area contributed by atoms with Crippen LogP contribution in [0.4, 0.5) is 4.39 Å². The van der Waals surface area contributed by atoms with Gasteiger partial charge in [0.15, 0.2) is 11.6 Å². The zero-order valence-corrected chi connectivity index (χ0v) is 9.85. The van der Waals surface area contributed by atoms with Gasteiger partial charge in [-0.15, -0.1) is 11.6 Å². The maximum absolute atomic E-state index is 13.4. The molecule has 0 aliphatic carbocycles. The van der Waals surface area contributed by atoms with Crippen molar-refractivity contribution in [3.63, 3.8) is 0 Å². The van der Waals surface area contributed by atoms with Crippen molar-refractivity contribution in [3.8, 4) is 5.75 Å². The highest BCUT2D eigenvalue weighted by Gasteiger charge is 2.08. The lowest BCUT2D eigenvalue weighted by molar-refractivity contribution is 0.386. The second-order valence-electron chi connectivity index (χ2n) is 3.60. The van der Waals surface area contributed by atoms with Gasteiger partial charge in [-0.2, -0.15) is 0 Å². The maximum Gasteiger partial charge on any atom is 0.165 e. The van der Waals surface area contributed by atoms with Gasteiger partial charge >= 0.3 is 0 Å². The fraction of sp³-hybridized carbons (Fsp3) is 0.500. The van der Waals surface area contributed by atoms with E-state index in [1.807, 2.05) is 6.07 Å². The minimum Gasteiger partial charge on any atom is -0.494 e. The molecule has 1 rings (SSSR count). The first-order valence-corrected chi connectivity index (χ1v) is 5.63. The highest BCUT2D eigenvalue weighted by molar-refractivity contribution is 6.18. The van der Waals surface area contributed by atoms with Gasteiger partial charge in [0.05, 0.1) is 7.11 Å². The van der Waals surface area contributed by atoms with Crippen LogP contribution < -0.4 is 4.74 Å². The molecule has 3 heteroatoms. The van der Waals surface area contributed by atoms with Crippen LogP contribution in [0.2, 0.25) is 0 Å². The van der Waals surface area contributed by atoms with Crippen molar-refractivity contribution in [1.29, 1.82) is 0 Å². The van der Waals surface area contributed by atoms with E-state index < -0.39 is 0 Å². The van der Waals surface area contributed by atoms with Crippen molar-refractivity contribution in [1.82, 2.24) is 0 Å². The van der Waals surface area contributed by atoms with Crippen molar-refractivity contribution in [3.05, 3.63) is 29.6 Å². The molecule has 0 spiro atoms. The van der Waals surface area contributed by atoms with Crippen molar-refractivity contribution < 1.29 is 9.13 Å². The van der Waals surface area contributed by atoms with E-state index in [0.717, 1.165) is 18.4 Å². The Balaban J connectivity index is 2.74. The third-order valence-electron chi connectivity index (χ3n) is 2.54. The Bertz CT molecular complexity index is 310. The van der Waals surface area contributed by atoms with Crippen LogP contribution in [-0.4, -0.2) is 13.0 Å². The van der Waals surface area contributed by atoms with Gasteiger partial charge in [0, 0.05) is 5.88 Å². The molecule has 0 aliphatic rings.